The fourth-order valence-corrected chi connectivity index (χ4v) is 2.91. The molecule has 0 spiro atoms. The quantitative estimate of drug-likeness (QED) is 0.706. The number of halogens is 1. The molecule has 1 aromatic heterocycles. The van der Waals surface area contributed by atoms with Crippen molar-refractivity contribution in [2.45, 2.75) is 19.1 Å². The molecule has 2 unspecified atom stereocenters. The molecule has 2 atom stereocenters. The molecule has 2 N–H and O–H groups in total. The van der Waals surface area contributed by atoms with Crippen LogP contribution in [0.3, 0.4) is 0 Å². The van der Waals surface area contributed by atoms with Gasteiger partial charge in [0.25, 0.3) is 0 Å². The Hall–Kier alpha value is -1.47. The van der Waals surface area contributed by atoms with Crippen molar-refractivity contribution in [1.82, 2.24) is 5.32 Å². The summed E-state index contributed by atoms with van der Waals surface area (Å²) in [4.78, 5) is 1.24. The number of rotatable bonds is 9. The number of aliphatic hydroxyl groups is 1. The number of aliphatic hydroxyl groups excluding tert-OH is 1. The van der Waals surface area contributed by atoms with E-state index in [9.17, 15) is 5.11 Å². The van der Waals surface area contributed by atoms with E-state index >= 15 is 0 Å². The first-order chi connectivity index (χ1) is 11.2. The Morgan fingerprint density at radius 2 is 1.79 bits per heavy atom. The first kappa shape index (κ1) is 20.6. The van der Waals surface area contributed by atoms with Crippen molar-refractivity contribution >= 4 is 23.7 Å². The van der Waals surface area contributed by atoms with Gasteiger partial charge < -0.3 is 24.6 Å². The third kappa shape index (κ3) is 5.56. The van der Waals surface area contributed by atoms with Gasteiger partial charge in [-0.25, -0.2) is 0 Å². The monoisotopic (exact) mass is 373 g/mol. The van der Waals surface area contributed by atoms with Crippen LogP contribution in [0.15, 0.2) is 35.7 Å². The summed E-state index contributed by atoms with van der Waals surface area (Å²) in [5, 5.41) is 15.5. The van der Waals surface area contributed by atoms with Crippen LogP contribution in [0, 0.1) is 0 Å². The van der Waals surface area contributed by atoms with E-state index in [1.807, 2.05) is 17.5 Å². The molecule has 0 saturated carbocycles. The first-order valence-corrected chi connectivity index (χ1v) is 8.32. The molecule has 0 aliphatic carbocycles. The van der Waals surface area contributed by atoms with Gasteiger partial charge in [-0.15, -0.1) is 23.7 Å². The van der Waals surface area contributed by atoms with Crippen LogP contribution in [0.1, 0.15) is 17.8 Å². The summed E-state index contributed by atoms with van der Waals surface area (Å²) in [7, 11) is 3.14. The van der Waals surface area contributed by atoms with Crippen LogP contribution < -0.4 is 19.5 Å². The maximum absolute atomic E-state index is 10.1. The maximum Gasteiger partial charge on any atom is 0.203 e. The topological polar surface area (TPSA) is 60.0 Å². The second kappa shape index (κ2) is 10.4. The van der Waals surface area contributed by atoms with Crippen LogP contribution in [-0.4, -0.2) is 38.6 Å². The number of hydrogen-bond acceptors (Lipinski definition) is 6. The van der Waals surface area contributed by atoms with Crippen molar-refractivity contribution in [1.29, 1.82) is 0 Å². The average molecular weight is 374 g/mol. The van der Waals surface area contributed by atoms with E-state index in [-0.39, 0.29) is 25.1 Å². The Kier molecular flexibility index (Phi) is 8.92. The van der Waals surface area contributed by atoms with Crippen LogP contribution in [0.2, 0.25) is 0 Å². The molecule has 0 radical (unpaired) electrons. The van der Waals surface area contributed by atoms with Gasteiger partial charge in [-0.3, -0.25) is 0 Å². The van der Waals surface area contributed by atoms with Gasteiger partial charge in [-0.1, -0.05) is 12.1 Å². The Labute approximate surface area is 153 Å². The summed E-state index contributed by atoms with van der Waals surface area (Å²) in [6, 6.07) is 9.70. The number of para-hydroxylation sites is 1. The third-order valence-corrected chi connectivity index (χ3v) is 4.49. The molecule has 7 heteroatoms. The smallest absolute Gasteiger partial charge is 0.203 e. The van der Waals surface area contributed by atoms with Crippen LogP contribution in [0.5, 0.6) is 17.2 Å². The summed E-state index contributed by atoms with van der Waals surface area (Å²) < 4.78 is 16.2. The lowest BCUT2D eigenvalue weighted by Crippen LogP contribution is -2.32. The molecule has 1 aromatic carbocycles. The molecule has 0 fully saturated rings. The molecular formula is C17H24ClNO4S. The molecule has 5 nitrogen and oxygen atoms in total. The normalized spacial score (nSPS) is 12.8. The van der Waals surface area contributed by atoms with Gasteiger partial charge in [0, 0.05) is 17.5 Å². The van der Waals surface area contributed by atoms with Crippen molar-refractivity contribution in [2.24, 2.45) is 0 Å². The van der Waals surface area contributed by atoms with Crippen molar-refractivity contribution in [3.05, 3.63) is 40.6 Å². The first-order valence-electron chi connectivity index (χ1n) is 7.44. The number of methoxy groups -OCH3 is 2. The lowest BCUT2D eigenvalue weighted by Gasteiger charge is -2.18. The van der Waals surface area contributed by atoms with E-state index in [0.717, 1.165) is 0 Å². The van der Waals surface area contributed by atoms with Crippen molar-refractivity contribution in [3.8, 4) is 17.2 Å². The summed E-state index contributed by atoms with van der Waals surface area (Å²) in [5.74, 6) is 1.66. The molecular weight excluding hydrogens is 350 g/mol. The van der Waals surface area contributed by atoms with Crippen LogP contribution in [0.4, 0.5) is 0 Å². The fourth-order valence-electron chi connectivity index (χ4n) is 2.15. The average Bonchev–Trinajstić information content (AvgIpc) is 3.12. The minimum absolute atomic E-state index is 0. The van der Waals surface area contributed by atoms with Crippen molar-refractivity contribution in [2.75, 3.05) is 27.4 Å². The number of thiophene rings is 1. The predicted molar refractivity (Wildman–Crippen MR) is 99.0 cm³/mol. The number of benzene rings is 1. The second-order valence-corrected chi connectivity index (χ2v) is 6.08. The van der Waals surface area contributed by atoms with Crippen molar-refractivity contribution in [3.63, 3.8) is 0 Å². The molecule has 134 valence electrons. The van der Waals surface area contributed by atoms with E-state index in [4.69, 9.17) is 14.2 Å². The van der Waals surface area contributed by atoms with E-state index in [0.29, 0.717) is 23.8 Å². The van der Waals surface area contributed by atoms with Gasteiger partial charge in [-0.2, -0.15) is 0 Å². The Morgan fingerprint density at radius 3 is 2.33 bits per heavy atom. The van der Waals surface area contributed by atoms with Gasteiger partial charge >= 0.3 is 0 Å². The minimum atomic E-state index is -0.632. The summed E-state index contributed by atoms with van der Waals surface area (Å²) in [5.41, 5.74) is 0. The maximum atomic E-state index is 10.1. The number of ether oxygens (including phenoxy) is 3. The zero-order valence-corrected chi connectivity index (χ0v) is 15.7. The number of hydrogen-bond donors (Lipinski definition) is 2. The minimum Gasteiger partial charge on any atom is -0.493 e. The van der Waals surface area contributed by atoms with E-state index in [1.165, 1.54) is 4.88 Å². The summed E-state index contributed by atoms with van der Waals surface area (Å²) in [6.45, 7) is 2.67. The van der Waals surface area contributed by atoms with Gasteiger partial charge in [0.05, 0.1) is 14.2 Å². The zero-order chi connectivity index (χ0) is 16.7. The summed E-state index contributed by atoms with van der Waals surface area (Å²) >= 11 is 1.69. The SMILES string of the molecule is COc1cccc(OC)c1OCC(O)CNC(C)c1cccs1.Cl. The second-order valence-electron chi connectivity index (χ2n) is 5.10. The van der Waals surface area contributed by atoms with Gasteiger partial charge in [-0.05, 0) is 30.5 Å². The summed E-state index contributed by atoms with van der Waals surface area (Å²) in [6.07, 6.45) is -0.632. The largest absolute Gasteiger partial charge is 0.493 e. The van der Waals surface area contributed by atoms with Crippen LogP contribution >= 0.6 is 23.7 Å². The molecule has 2 aromatic rings. The standard InChI is InChI=1S/C17H23NO4S.ClH/c1-12(16-8-5-9-23-16)18-10-13(19)11-22-17-14(20-2)6-4-7-15(17)21-3;/h4-9,12-13,18-19H,10-11H2,1-3H3;1H. The highest BCUT2D eigenvalue weighted by Crippen LogP contribution is 2.36. The molecule has 0 amide bonds. The molecule has 0 saturated heterocycles. The van der Waals surface area contributed by atoms with E-state index in [2.05, 4.69) is 18.3 Å². The Morgan fingerprint density at radius 1 is 1.12 bits per heavy atom. The Bertz CT molecular complexity index is 572. The van der Waals surface area contributed by atoms with Gasteiger partial charge in [0.1, 0.15) is 12.7 Å². The lowest BCUT2D eigenvalue weighted by atomic mass is 10.2. The van der Waals surface area contributed by atoms with E-state index in [1.54, 1.807) is 37.7 Å². The Balaban J connectivity index is 0.00000288. The highest BCUT2D eigenvalue weighted by molar-refractivity contribution is 7.10. The van der Waals surface area contributed by atoms with Crippen molar-refractivity contribution < 1.29 is 19.3 Å². The zero-order valence-electron chi connectivity index (χ0n) is 14.0. The fraction of sp³-hybridized carbons (Fsp3) is 0.412. The highest BCUT2D eigenvalue weighted by Gasteiger charge is 2.14. The molecule has 1 heterocycles. The van der Waals surface area contributed by atoms with Crippen LogP contribution in [-0.2, 0) is 0 Å². The molecule has 0 aliphatic heterocycles. The van der Waals surface area contributed by atoms with Gasteiger partial charge in [0.2, 0.25) is 5.75 Å². The van der Waals surface area contributed by atoms with E-state index < -0.39 is 6.10 Å². The molecule has 2 rings (SSSR count). The number of nitrogens with one attached hydrogen (secondary N) is 1. The molecule has 24 heavy (non-hydrogen) atoms. The van der Waals surface area contributed by atoms with Crippen LogP contribution in [0.25, 0.3) is 0 Å². The predicted octanol–water partition coefficient (Wildman–Crippen LogP) is 3.28. The third-order valence-electron chi connectivity index (χ3n) is 3.43. The van der Waals surface area contributed by atoms with Gasteiger partial charge in [0.15, 0.2) is 11.5 Å². The molecule has 0 bridgehead atoms. The highest BCUT2D eigenvalue weighted by atomic mass is 35.5. The molecule has 0 aliphatic rings. The lowest BCUT2D eigenvalue weighted by molar-refractivity contribution is 0.101.